The average Bonchev–Trinajstić information content (AvgIpc) is 3.42. The number of carbonyl (C=O) groups excluding carboxylic acids is 2. The molecule has 0 radical (unpaired) electrons. The third-order valence-corrected chi connectivity index (χ3v) is 7.29. The number of hydrogen-bond acceptors (Lipinski definition) is 8. The zero-order valence-corrected chi connectivity index (χ0v) is 20.3. The van der Waals surface area contributed by atoms with Crippen LogP contribution in [0.4, 0.5) is 5.13 Å². The first-order valence-corrected chi connectivity index (χ1v) is 12.2. The van der Waals surface area contributed by atoms with Crippen molar-refractivity contribution in [2.45, 2.75) is 19.9 Å². The lowest BCUT2D eigenvalue weighted by molar-refractivity contribution is -0.132. The lowest BCUT2D eigenvalue weighted by atomic mass is 9.96. The molecule has 1 saturated heterocycles. The van der Waals surface area contributed by atoms with E-state index in [1.54, 1.807) is 42.7 Å². The highest BCUT2D eigenvalue weighted by Gasteiger charge is 2.48. The lowest BCUT2D eigenvalue weighted by Crippen LogP contribution is -2.29. The molecule has 1 fully saturated rings. The first kappa shape index (κ1) is 22.2. The largest absolute Gasteiger partial charge is 0.507 e. The van der Waals surface area contributed by atoms with Crippen LogP contribution >= 0.6 is 11.3 Å². The smallest absolute Gasteiger partial charge is 0.301 e. The fourth-order valence-corrected chi connectivity index (χ4v) is 5.86. The highest BCUT2D eigenvalue weighted by atomic mass is 32.1. The molecule has 0 saturated carbocycles. The number of aliphatic hydroxyl groups is 1. The van der Waals surface area contributed by atoms with E-state index in [1.807, 2.05) is 26.0 Å². The van der Waals surface area contributed by atoms with Crippen LogP contribution in [0.2, 0.25) is 0 Å². The maximum absolute atomic E-state index is 13.4. The molecule has 1 unspecified atom stereocenters. The maximum atomic E-state index is 13.4. The number of rotatable bonds is 3. The molecule has 1 atom stereocenters. The van der Waals surface area contributed by atoms with Gasteiger partial charge in [0.05, 0.1) is 21.8 Å². The number of pyridine rings is 1. The molecule has 0 spiro atoms. The number of hydrogen-bond donors (Lipinski definition) is 1. The van der Waals surface area contributed by atoms with Gasteiger partial charge >= 0.3 is 5.91 Å². The molecule has 0 bridgehead atoms. The van der Waals surface area contributed by atoms with Crippen LogP contribution in [-0.4, -0.2) is 40.0 Å². The predicted molar refractivity (Wildman–Crippen MR) is 136 cm³/mol. The standard InChI is InChI=1S/C27H21N3O5S/c1-14-10-15(2)22-20(11-14)36-27(29-22)30-23(17-4-3-7-28-13-17)21(25(32)26(30)33)24(31)16-5-6-18-19(12-16)35-9-8-34-18/h3-7,10-13,23,31H,8-9H2,1-2H3. The molecule has 8 nitrogen and oxygen atoms in total. The third-order valence-electron chi connectivity index (χ3n) is 6.28. The van der Waals surface area contributed by atoms with E-state index < -0.39 is 17.7 Å². The van der Waals surface area contributed by atoms with E-state index in [9.17, 15) is 14.7 Å². The Hall–Kier alpha value is -4.24. The van der Waals surface area contributed by atoms with Gasteiger partial charge in [0.1, 0.15) is 19.0 Å². The van der Waals surface area contributed by atoms with Gasteiger partial charge in [-0.2, -0.15) is 0 Å². The van der Waals surface area contributed by atoms with Crippen molar-refractivity contribution < 1.29 is 24.2 Å². The summed E-state index contributed by atoms with van der Waals surface area (Å²) in [6, 6.07) is 11.6. The highest BCUT2D eigenvalue weighted by molar-refractivity contribution is 7.22. The van der Waals surface area contributed by atoms with E-state index >= 15 is 0 Å². The summed E-state index contributed by atoms with van der Waals surface area (Å²) in [5.41, 5.74) is 3.75. The van der Waals surface area contributed by atoms with Crippen LogP contribution in [0.5, 0.6) is 11.5 Å². The van der Waals surface area contributed by atoms with E-state index in [0.29, 0.717) is 41.0 Å². The summed E-state index contributed by atoms with van der Waals surface area (Å²) in [6.07, 6.45) is 3.20. The second-order valence-electron chi connectivity index (χ2n) is 8.74. The molecular weight excluding hydrogens is 478 g/mol. The van der Waals surface area contributed by atoms with Crippen molar-refractivity contribution in [1.29, 1.82) is 0 Å². The van der Waals surface area contributed by atoms with Crippen molar-refractivity contribution in [3.63, 3.8) is 0 Å². The molecule has 4 heterocycles. The van der Waals surface area contributed by atoms with Crippen LogP contribution in [-0.2, 0) is 9.59 Å². The second-order valence-corrected chi connectivity index (χ2v) is 9.75. The molecule has 1 N–H and O–H groups in total. The van der Waals surface area contributed by atoms with E-state index in [0.717, 1.165) is 21.3 Å². The summed E-state index contributed by atoms with van der Waals surface area (Å²) >= 11 is 1.34. The van der Waals surface area contributed by atoms with Crippen molar-refractivity contribution in [2.24, 2.45) is 0 Å². The Morgan fingerprint density at radius 1 is 1.08 bits per heavy atom. The zero-order chi connectivity index (χ0) is 25.0. The van der Waals surface area contributed by atoms with Crippen LogP contribution in [0.25, 0.3) is 16.0 Å². The Labute approximate surface area is 210 Å². The van der Waals surface area contributed by atoms with E-state index in [-0.39, 0.29) is 11.3 Å². The van der Waals surface area contributed by atoms with Crippen LogP contribution in [0.1, 0.15) is 28.3 Å². The van der Waals surface area contributed by atoms with Crippen LogP contribution in [0, 0.1) is 13.8 Å². The van der Waals surface area contributed by atoms with Gasteiger partial charge in [0.2, 0.25) is 0 Å². The molecule has 1 amide bonds. The van der Waals surface area contributed by atoms with Crippen molar-refractivity contribution in [2.75, 3.05) is 18.1 Å². The first-order valence-electron chi connectivity index (χ1n) is 11.4. The Morgan fingerprint density at radius 3 is 2.67 bits per heavy atom. The van der Waals surface area contributed by atoms with E-state index in [1.165, 1.54) is 16.2 Å². The normalized spacial score (nSPS) is 18.7. The molecule has 2 aliphatic rings. The second kappa shape index (κ2) is 8.46. The molecule has 4 aromatic rings. The van der Waals surface area contributed by atoms with Gasteiger partial charge in [-0.15, -0.1) is 0 Å². The highest BCUT2D eigenvalue weighted by Crippen LogP contribution is 2.45. The number of nitrogens with zero attached hydrogens (tertiary/aromatic N) is 3. The van der Waals surface area contributed by atoms with Gasteiger partial charge in [-0.3, -0.25) is 19.5 Å². The minimum atomic E-state index is -0.895. The number of benzene rings is 2. The summed E-state index contributed by atoms with van der Waals surface area (Å²) in [5, 5.41) is 11.8. The van der Waals surface area contributed by atoms with Gasteiger partial charge < -0.3 is 14.6 Å². The van der Waals surface area contributed by atoms with Crippen LogP contribution < -0.4 is 14.4 Å². The Kier molecular flexibility index (Phi) is 5.22. The average molecular weight is 500 g/mol. The molecule has 2 aliphatic heterocycles. The Balaban J connectivity index is 1.54. The Morgan fingerprint density at radius 2 is 1.89 bits per heavy atom. The van der Waals surface area contributed by atoms with Crippen molar-refractivity contribution in [1.82, 2.24) is 9.97 Å². The fourth-order valence-electron chi connectivity index (χ4n) is 4.69. The number of ether oxygens (including phenoxy) is 2. The molecule has 0 aliphatic carbocycles. The number of anilines is 1. The molecule has 2 aromatic heterocycles. The van der Waals surface area contributed by atoms with E-state index in [4.69, 9.17) is 14.5 Å². The predicted octanol–water partition coefficient (Wildman–Crippen LogP) is 4.71. The summed E-state index contributed by atoms with van der Waals surface area (Å²) < 4.78 is 12.1. The first-order chi connectivity index (χ1) is 17.4. The van der Waals surface area contributed by atoms with Gasteiger partial charge in [-0.1, -0.05) is 23.5 Å². The molecule has 2 aromatic carbocycles. The third kappa shape index (κ3) is 3.51. The van der Waals surface area contributed by atoms with Gasteiger partial charge in [-0.25, -0.2) is 4.98 Å². The number of aryl methyl sites for hydroxylation is 2. The van der Waals surface area contributed by atoms with Gasteiger partial charge in [0, 0.05) is 18.0 Å². The van der Waals surface area contributed by atoms with Crippen LogP contribution in [0.15, 0.2) is 60.4 Å². The molecular formula is C27H21N3O5S. The van der Waals surface area contributed by atoms with Crippen molar-refractivity contribution in [3.8, 4) is 11.5 Å². The quantitative estimate of drug-likeness (QED) is 0.248. The van der Waals surface area contributed by atoms with Gasteiger partial charge in [0.25, 0.3) is 5.78 Å². The minimum absolute atomic E-state index is 0.0307. The summed E-state index contributed by atoms with van der Waals surface area (Å²) in [4.78, 5) is 37.1. The fraction of sp³-hybridized carbons (Fsp3) is 0.185. The van der Waals surface area contributed by atoms with Crippen molar-refractivity contribution in [3.05, 3.63) is 82.7 Å². The zero-order valence-electron chi connectivity index (χ0n) is 19.5. The molecule has 9 heteroatoms. The topological polar surface area (TPSA) is 102 Å². The summed E-state index contributed by atoms with van der Waals surface area (Å²) in [5.74, 6) is -0.814. The van der Waals surface area contributed by atoms with Gasteiger partial charge in [0.15, 0.2) is 16.6 Å². The molecule has 180 valence electrons. The number of aromatic nitrogens is 2. The Bertz CT molecular complexity index is 1580. The van der Waals surface area contributed by atoms with Crippen LogP contribution in [0.3, 0.4) is 0 Å². The number of ketones is 1. The number of amides is 1. The maximum Gasteiger partial charge on any atom is 0.301 e. The lowest BCUT2D eigenvalue weighted by Gasteiger charge is -2.23. The summed E-state index contributed by atoms with van der Waals surface area (Å²) in [7, 11) is 0. The minimum Gasteiger partial charge on any atom is -0.507 e. The number of thiazole rings is 1. The number of Topliss-reactive ketones (excluding diaryl/α,β-unsaturated/α-hetero) is 1. The number of aliphatic hydroxyl groups excluding tert-OH is 1. The number of carbonyl (C=O) groups is 2. The summed E-state index contributed by atoms with van der Waals surface area (Å²) in [6.45, 7) is 4.79. The molecule has 6 rings (SSSR count). The van der Waals surface area contributed by atoms with Gasteiger partial charge in [-0.05, 0) is 60.9 Å². The van der Waals surface area contributed by atoms with E-state index in [2.05, 4.69) is 4.98 Å². The number of fused-ring (bicyclic) bond motifs is 2. The SMILES string of the molecule is Cc1cc(C)c2nc(N3C(=O)C(=O)C(=C(O)c4ccc5c(c4)OCCO5)C3c3cccnc3)sc2c1. The molecule has 36 heavy (non-hydrogen) atoms. The van der Waals surface area contributed by atoms with Crippen molar-refractivity contribution >= 4 is 44.1 Å². The monoisotopic (exact) mass is 499 g/mol.